The first-order chi connectivity index (χ1) is 5.77. The molecule has 0 aromatic carbocycles. The third kappa shape index (κ3) is 1.39. The molecule has 0 heterocycles. The number of aliphatic hydroxyl groups excluding tert-OH is 1. The van der Waals surface area contributed by atoms with Crippen molar-refractivity contribution in [2.75, 3.05) is 6.61 Å². The van der Waals surface area contributed by atoms with E-state index in [1.54, 1.807) is 6.92 Å². The Morgan fingerprint density at radius 2 is 1.62 bits per heavy atom. The lowest BCUT2D eigenvalue weighted by atomic mass is 9.59. The minimum atomic E-state index is -1.38. The molecule has 0 aliphatic heterocycles. The minimum Gasteiger partial charge on any atom is -0.393 e. The van der Waals surface area contributed by atoms with Crippen LogP contribution < -0.4 is 0 Å². The first-order valence-electron chi connectivity index (χ1n) is 4.82. The molecule has 2 atom stereocenters. The van der Waals surface area contributed by atoms with Crippen LogP contribution in [0.25, 0.3) is 0 Å². The lowest BCUT2D eigenvalue weighted by Gasteiger charge is -2.54. The summed E-state index contributed by atoms with van der Waals surface area (Å²) in [6.45, 7) is 4.99. The molecule has 1 saturated carbocycles. The lowest BCUT2D eigenvalue weighted by Crippen LogP contribution is -2.65. The Morgan fingerprint density at radius 3 is 1.92 bits per heavy atom. The second-order valence-electron chi connectivity index (χ2n) is 5.03. The van der Waals surface area contributed by atoms with Crippen molar-refractivity contribution < 1.29 is 15.3 Å². The van der Waals surface area contributed by atoms with Gasteiger partial charge in [-0.3, -0.25) is 0 Å². The Bertz CT molecular complexity index is 180. The first kappa shape index (κ1) is 11.0. The zero-order valence-corrected chi connectivity index (χ0v) is 8.67. The van der Waals surface area contributed by atoms with Crippen molar-refractivity contribution in [1.82, 2.24) is 0 Å². The van der Waals surface area contributed by atoms with E-state index in [4.69, 9.17) is 0 Å². The predicted molar refractivity (Wildman–Crippen MR) is 50.3 cm³/mol. The summed E-state index contributed by atoms with van der Waals surface area (Å²) in [5.41, 5.74) is -2.98. The average molecular weight is 188 g/mol. The third-order valence-electron chi connectivity index (χ3n) is 3.70. The number of rotatable bonds is 1. The second-order valence-corrected chi connectivity index (χ2v) is 5.03. The van der Waals surface area contributed by atoms with Gasteiger partial charge in [0.1, 0.15) is 5.60 Å². The van der Waals surface area contributed by atoms with Crippen LogP contribution in [0, 0.1) is 5.41 Å². The monoisotopic (exact) mass is 188 g/mol. The molecule has 0 radical (unpaired) electrons. The summed E-state index contributed by atoms with van der Waals surface area (Å²) >= 11 is 0. The van der Waals surface area contributed by atoms with Crippen molar-refractivity contribution in [3.8, 4) is 0 Å². The van der Waals surface area contributed by atoms with Gasteiger partial charge in [-0.1, -0.05) is 13.8 Å². The molecule has 3 heteroatoms. The molecule has 3 N–H and O–H groups in total. The van der Waals surface area contributed by atoms with Crippen LogP contribution in [0.15, 0.2) is 0 Å². The van der Waals surface area contributed by atoms with E-state index in [0.29, 0.717) is 6.42 Å². The quantitative estimate of drug-likeness (QED) is 0.567. The maximum Gasteiger partial charge on any atom is 0.121 e. The molecule has 1 aliphatic carbocycles. The molecular weight excluding hydrogens is 168 g/mol. The molecule has 1 rings (SSSR count). The topological polar surface area (TPSA) is 60.7 Å². The number of hydrogen-bond acceptors (Lipinski definition) is 3. The fourth-order valence-corrected chi connectivity index (χ4v) is 2.40. The van der Waals surface area contributed by atoms with Gasteiger partial charge in [0.2, 0.25) is 0 Å². The molecule has 13 heavy (non-hydrogen) atoms. The van der Waals surface area contributed by atoms with Crippen molar-refractivity contribution in [3.63, 3.8) is 0 Å². The van der Waals surface area contributed by atoms with Crippen LogP contribution in [0.3, 0.4) is 0 Å². The summed E-state index contributed by atoms with van der Waals surface area (Å²) < 4.78 is 0. The van der Waals surface area contributed by atoms with Crippen LogP contribution in [0.5, 0.6) is 0 Å². The highest BCUT2D eigenvalue weighted by atomic mass is 16.4. The number of aliphatic hydroxyl groups is 3. The first-order valence-corrected chi connectivity index (χ1v) is 4.82. The SMILES string of the molecule is CC1(C)CCCC(C)(O)C1(O)CO. The van der Waals surface area contributed by atoms with Gasteiger partial charge in [0, 0.05) is 0 Å². The van der Waals surface area contributed by atoms with Gasteiger partial charge < -0.3 is 15.3 Å². The highest BCUT2D eigenvalue weighted by molar-refractivity contribution is 5.08. The minimum absolute atomic E-state index is 0.382. The summed E-state index contributed by atoms with van der Waals surface area (Å²) in [6, 6.07) is 0. The van der Waals surface area contributed by atoms with Crippen molar-refractivity contribution in [2.45, 2.75) is 51.2 Å². The molecule has 0 spiro atoms. The zero-order chi connectivity index (χ0) is 10.3. The van der Waals surface area contributed by atoms with Crippen LogP contribution in [0.2, 0.25) is 0 Å². The summed E-state index contributed by atoms with van der Waals surface area (Å²) in [4.78, 5) is 0. The Labute approximate surface area is 79.4 Å². The molecule has 3 nitrogen and oxygen atoms in total. The van der Waals surface area contributed by atoms with E-state index >= 15 is 0 Å². The molecule has 0 amide bonds. The lowest BCUT2D eigenvalue weighted by molar-refractivity contribution is -0.239. The molecule has 1 aliphatic rings. The molecular formula is C10H20O3. The highest BCUT2D eigenvalue weighted by Crippen LogP contribution is 2.48. The standard InChI is InChI=1S/C10H20O3/c1-8(2)5-4-6-9(3,12)10(8,13)7-11/h11-13H,4-7H2,1-3H3. The van der Waals surface area contributed by atoms with Gasteiger partial charge in [0.25, 0.3) is 0 Å². The van der Waals surface area contributed by atoms with Crippen molar-refractivity contribution >= 4 is 0 Å². The van der Waals surface area contributed by atoms with Crippen LogP contribution in [0.4, 0.5) is 0 Å². The number of hydrogen-bond donors (Lipinski definition) is 3. The second kappa shape index (κ2) is 2.94. The van der Waals surface area contributed by atoms with Gasteiger partial charge in [-0.15, -0.1) is 0 Å². The van der Waals surface area contributed by atoms with E-state index in [9.17, 15) is 15.3 Å². The van der Waals surface area contributed by atoms with Crippen LogP contribution in [0.1, 0.15) is 40.0 Å². The molecule has 0 aromatic heterocycles. The van der Waals surface area contributed by atoms with Crippen LogP contribution in [-0.2, 0) is 0 Å². The summed E-state index contributed by atoms with van der Waals surface area (Å²) in [7, 11) is 0. The molecule has 0 bridgehead atoms. The maximum absolute atomic E-state index is 10.2. The van der Waals surface area contributed by atoms with E-state index in [1.165, 1.54) is 0 Å². The third-order valence-corrected chi connectivity index (χ3v) is 3.70. The van der Waals surface area contributed by atoms with E-state index in [0.717, 1.165) is 12.8 Å². The smallest absolute Gasteiger partial charge is 0.121 e. The Hall–Kier alpha value is -0.120. The molecule has 1 fully saturated rings. The van der Waals surface area contributed by atoms with Gasteiger partial charge in [-0.2, -0.15) is 0 Å². The van der Waals surface area contributed by atoms with E-state index < -0.39 is 16.6 Å². The summed E-state index contributed by atoms with van der Waals surface area (Å²) in [5, 5.41) is 29.5. The predicted octanol–water partition coefficient (Wildman–Crippen LogP) is 0.671. The summed E-state index contributed by atoms with van der Waals surface area (Å²) in [6.07, 6.45) is 2.27. The molecule has 78 valence electrons. The van der Waals surface area contributed by atoms with E-state index in [1.807, 2.05) is 13.8 Å². The maximum atomic E-state index is 10.2. The Morgan fingerprint density at radius 1 is 1.08 bits per heavy atom. The average Bonchev–Trinajstić information content (AvgIpc) is 1.99. The van der Waals surface area contributed by atoms with Crippen LogP contribution in [-0.4, -0.2) is 33.1 Å². The van der Waals surface area contributed by atoms with Crippen molar-refractivity contribution in [2.24, 2.45) is 5.41 Å². The molecule has 2 unspecified atom stereocenters. The molecule has 0 aromatic rings. The Balaban J connectivity index is 3.05. The highest BCUT2D eigenvalue weighted by Gasteiger charge is 2.57. The van der Waals surface area contributed by atoms with E-state index in [-0.39, 0.29) is 6.61 Å². The van der Waals surface area contributed by atoms with Gasteiger partial charge >= 0.3 is 0 Å². The largest absolute Gasteiger partial charge is 0.393 e. The zero-order valence-electron chi connectivity index (χ0n) is 8.67. The van der Waals surface area contributed by atoms with Crippen LogP contribution >= 0.6 is 0 Å². The van der Waals surface area contributed by atoms with Gasteiger partial charge in [0.05, 0.1) is 12.2 Å². The summed E-state index contributed by atoms with van der Waals surface area (Å²) in [5.74, 6) is 0. The Kier molecular flexibility index (Phi) is 2.48. The van der Waals surface area contributed by atoms with E-state index in [2.05, 4.69) is 0 Å². The van der Waals surface area contributed by atoms with Crippen molar-refractivity contribution in [1.29, 1.82) is 0 Å². The fraction of sp³-hybridized carbons (Fsp3) is 1.00. The molecule has 0 saturated heterocycles. The fourth-order valence-electron chi connectivity index (χ4n) is 2.40. The van der Waals surface area contributed by atoms with Crippen molar-refractivity contribution in [3.05, 3.63) is 0 Å². The van der Waals surface area contributed by atoms with Gasteiger partial charge in [-0.25, -0.2) is 0 Å². The normalized spacial score (nSPS) is 44.8. The van der Waals surface area contributed by atoms with Gasteiger partial charge in [0.15, 0.2) is 0 Å². The van der Waals surface area contributed by atoms with Gasteiger partial charge in [-0.05, 0) is 31.6 Å².